The average Bonchev–Trinajstić information content (AvgIpc) is 2.20. The fourth-order valence-corrected chi connectivity index (χ4v) is 1.58. The van der Waals surface area contributed by atoms with Crippen molar-refractivity contribution >= 4 is 5.97 Å². The van der Waals surface area contributed by atoms with Crippen LogP contribution in [0.25, 0.3) is 0 Å². The molecule has 2 nitrogen and oxygen atoms in total. The zero-order chi connectivity index (χ0) is 11.4. The number of carboxylic acid groups (broad SMARTS) is 1. The third kappa shape index (κ3) is 16.6. The van der Waals surface area contributed by atoms with Gasteiger partial charge in [-0.2, -0.15) is 0 Å². The summed E-state index contributed by atoms with van der Waals surface area (Å²) < 4.78 is 0. The fourth-order valence-electron chi connectivity index (χ4n) is 1.58. The van der Waals surface area contributed by atoms with Crippen LogP contribution in [0.15, 0.2) is 12.2 Å². The molecule has 0 rings (SSSR count). The van der Waals surface area contributed by atoms with E-state index in [2.05, 4.69) is 6.92 Å². The second kappa shape index (κ2) is 15.2. The maximum atomic E-state index is 10.0. The molecule has 0 aliphatic rings. The van der Waals surface area contributed by atoms with Crippen molar-refractivity contribution in [1.29, 1.82) is 0 Å². The zero-order valence-electron chi connectivity index (χ0n) is 10.8. The van der Waals surface area contributed by atoms with Crippen LogP contribution >= 0.6 is 0 Å². The van der Waals surface area contributed by atoms with Crippen LogP contribution in [0.4, 0.5) is 0 Å². The number of carbonyl (C=O) groups is 1. The molecule has 0 heterocycles. The number of allylic oxidation sites excluding steroid dienone is 1. The van der Waals surface area contributed by atoms with Gasteiger partial charge in [-0.25, -0.2) is 0 Å². The first-order valence-electron chi connectivity index (χ1n) is 6.15. The van der Waals surface area contributed by atoms with E-state index in [4.69, 9.17) is 0 Å². The number of carboxylic acids is 1. The van der Waals surface area contributed by atoms with Gasteiger partial charge in [0.05, 0.1) is 5.97 Å². The maximum Gasteiger partial charge on any atom is 1.00 e. The van der Waals surface area contributed by atoms with Crippen LogP contribution in [0, 0.1) is 0 Å². The smallest absolute Gasteiger partial charge is 0.545 e. The molecule has 3 heteroatoms. The first kappa shape index (κ1) is 18.6. The minimum atomic E-state index is -1.09. The third-order valence-corrected chi connectivity index (χ3v) is 2.48. The second-order valence-electron chi connectivity index (χ2n) is 3.98. The summed E-state index contributed by atoms with van der Waals surface area (Å²) in [6, 6.07) is 0. The van der Waals surface area contributed by atoms with E-state index < -0.39 is 5.97 Å². The third-order valence-electron chi connectivity index (χ3n) is 2.48. The molecule has 88 valence electrons. The second-order valence-corrected chi connectivity index (χ2v) is 3.98. The van der Waals surface area contributed by atoms with Crippen LogP contribution in [-0.2, 0) is 4.79 Å². The van der Waals surface area contributed by atoms with E-state index in [0.717, 1.165) is 18.9 Å². The van der Waals surface area contributed by atoms with Crippen molar-refractivity contribution in [3.63, 3.8) is 0 Å². The van der Waals surface area contributed by atoms with Gasteiger partial charge < -0.3 is 9.90 Å². The molecule has 0 fully saturated rings. The van der Waals surface area contributed by atoms with Gasteiger partial charge in [0.1, 0.15) is 0 Å². The molecule has 0 saturated heterocycles. The number of carbonyl (C=O) groups excluding carboxylic acids is 1. The van der Waals surface area contributed by atoms with Crippen LogP contribution in [0.5, 0.6) is 0 Å². The Morgan fingerprint density at radius 2 is 1.50 bits per heavy atom. The summed E-state index contributed by atoms with van der Waals surface area (Å²) in [7, 11) is 0. The largest absolute Gasteiger partial charge is 1.00 e. The van der Waals surface area contributed by atoms with Crippen molar-refractivity contribution in [3.05, 3.63) is 12.2 Å². The molecule has 0 aromatic rings. The molecule has 0 bridgehead atoms. The topological polar surface area (TPSA) is 40.1 Å². The molecule has 0 aliphatic carbocycles. The van der Waals surface area contributed by atoms with Crippen molar-refractivity contribution in [2.24, 2.45) is 0 Å². The van der Waals surface area contributed by atoms with E-state index >= 15 is 0 Å². The van der Waals surface area contributed by atoms with Crippen molar-refractivity contribution < 1.29 is 39.5 Å². The van der Waals surface area contributed by atoms with Gasteiger partial charge in [0.15, 0.2) is 0 Å². The Bertz CT molecular complexity index is 179. The summed E-state index contributed by atoms with van der Waals surface area (Å²) in [5, 5.41) is 10.0. The molecule has 0 radical (unpaired) electrons. The van der Waals surface area contributed by atoms with Crippen molar-refractivity contribution in [1.82, 2.24) is 0 Å². The summed E-state index contributed by atoms with van der Waals surface area (Å²) in [5.41, 5.74) is 0. The minimum absolute atomic E-state index is 0. The molecule has 0 unspecified atom stereocenters. The molecule has 0 atom stereocenters. The summed E-state index contributed by atoms with van der Waals surface area (Å²) >= 11 is 0. The Balaban J connectivity index is 0. The van der Waals surface area contributed by atoms with Crippen LogP contribution in [-0.4, -0.2) is 5.97 Å². The van der Waals surface area contributed by atoms with E-state index in [-0.39, 0.29) is 29.6 Å². The predicted molar refractivity (Wildman–Crippen MR) is 61.4 cm³/mol. The van der Waals surface area contributed by atoms with E-state index in [9.17, 15) is 9.90 Å². The van der Waals surface area contributed by atoms with Gasteiger partial charge in [-0.05, 0) is 18.9 Å². The van der Waals surface area contributed by atoms with Crippen molar-refractivity contribution in [2.75, 3.05) is 0 Å². The molecule has 0 spiro atoms. The molecule has 0 aromatic heterocycles. The van der Waals surface area contributed by atoms with E-state index in [1.165, 1.54) is 44.9 Å². The number of unbranched alkanes of at least 4 members (excludes halogenated alkanes) is 8. The standard InChI is InChI=1S/C13H24O2.Na/c1-2-3-4-5-6-7-8-9-10-11-12-13(14)15;/h11-12H,2-10H2,1H3,(H,14,15);/q;+1/p-1. The molecule has 0 saturated carbocycles. The van der Waals surface area contributed by atoms with Gasteiger partial charge in [-0.3, -0.25) is 0 Å². The normalized spacial score (nSPS) is 10.3. The van der Waals surface area contributed by atoms with E-state index in [0.29, 0.717) is 0 Å². The Morgan fingerprint density at radius 1 is 1.00 bits per heavy atom. The molecule has 0 aromatic carbocycles. The van der Waals surface area contributed by atoms with Gasteiger partial charge in [-0.15, -0.1) is 0 Å². The van der Waals surface area contributed by atoms with Crippen LogP contribution in [0.3, 0.4) is 0 Å². The first-order valence-corrected chi connectivity index (χ1v) is 6.15. The Labute approximate surface area is 122 Å². The van der Waals surface area contributed by atoms with Gasteiger partial charge in [-0.1, -0.05) is 57.9 Å². The van der Waals surface area contributed by atoms with E-state index in [1.807, 2.05) is 0 Å². The zero-order valence-corrected chi connectivity index (χ0v) is 12.8. The average molecular weight is 234 g/mol. The number of aliphatic carboxylic acids is 1. The van der Waals surface area contributed by atoms with Gasteiger partial charge >= 0.3 is 29.6 Å². The summed E-state index contributed by atoms with van der Waals surface area (Å²) in [6.07, 6.45) is 14.0. The van der Waals surface area contributed by atoms with Crippen molar-refractivity contribution in [3.8, 4) is 0 Å². The maximum absolute atomic E-state index is 10.0. The summed E-state index contributed by atoms with van der Waals surface area (Å²) in [6.45, 7) is 2.23. The molecule has 0 aliphatic heterocycles. The quantitative estimate of drug-likeness (QED) is 0.299. The van der Waals surface area contributed by atoms with E-state index in [1.54, 1.807) is 6.08 Å². The van der Waals surface area contributed by atoms with Gasteiger partial charge in [0, 0.05) is 0 Å². The molecule has 16 heavy (non-hydrogen) atoms. The summed E-state index contributed by atoms with van der Waals surface area (Å²) in [4.78, 5) is 10.0. The molecular formula is C13H23NaO2. The fraction of sp³-hybridized carbons (Fsp3) is 0.769. The molecule has 0 N–H and O–H groups in total. The van der Waals surface area contributed by atoms with Crippen LogP contribution in [0.2, 0.25) is 0 Å². The first-order chi connectivity index (χ1) is 7.27. The number of hydrogen-bond acceptors (Lipinski definition) is 2. The minimum Gasteiger partial charge on any atom is -0.545 e. The summed E-state index contributed by atoms with van der Waals surface area (Å²) in [5.74, 6) is -1.09. The Kier molecular flexibility index (Phi) is 17.7. The number of hydrogen-bond donors (Lipinski definition) is 0. The predicted octanol–water partition coefficient (Wildman–Crippen LogP) is -0.173. The molecule has 0 amide bonds. The monoisotopic (exact) mass is 234 g/mol. The van der Waals surface area contributed by atoms with Crippen molar-refractivity contribution in [2.45, 2.75) is 64.7 Å². The Morgan fingerprint density at radius 3 is 2.00 bits per heavy atom. The van der Waals surface area contributed by atoms with Crippen LogP contribution < -0.4 is 34.7 Å². The SMILES string of the molecule is CCCCCCCCCCC=CC(=O)[O-].[Na+]. The van der Waals surface area contributed by atoms with Gasteiger partial charge in [0.2, 0.25) is 0 Å². The Hall–Kier alpha value is 0.210. The van der Waals surface area contributed by atoms with Crippen LogP contribution in [0.1, 0.15) is 64.7 Å². The van der Waals surface area contributed by atoms with Gasteiger partial charge in [0.25, 0.3) is 0 Å². The molecular weight excluding hydrogens is 211 g/mol. The number of rotatable bonds is 10.